The van der Waals surface area contributed by atoms with Gasteiger partial charge in [0, 0.05) is 5.75 Å². The van der Waals surface area contributed by atoms with Gasteiger partial charge in [0.2, 0.25) is 0 Å². The maximum Gasteiger partial charge on any atom is 0.329 e. The number of hydrogen-bond acceptors (Lipinski definition) is 6. The Labute approximate surface area is 117 Å². The molecule has 0 amide bonds. The molecular formula is C12H10N2O3S2. The molecule has 0 fully saturated rings. The Balaban J connectivity index is 2.03. The zero-order chi connectivity index (χ0) is 13.4. The zero-order valence-electron chi connectivity index (χ0n) is 9.99. The standard InChI is InChI=1S/C12H10N2O3S2/c1-17-7-3-2-4-8-9(7)14-11(19-8)10-13-6(5-18-10)12(15)16/h2-4,6H,5H2,1H3,(H,15,16). The van der Waals surface area contributed by atoms with E-state index in [4.69, 9.17) is 9.84 Å². The van der Waals surface area contributed by atoms with Crippen LogP contribution in [0.2, 0.25) is 0 Å². The molecule has 0 bridgehead atoms. The Bertz CT molecular complexity index is 681. The number of thiazole rings is 1. The molecule has 7 heteroatoms. The lowest BCUT2D eigenvalue weighted by Gasteiger charge is -1.98. The van der Waals surface area contributed by atoms with Crippen molar-refractivity contribution in [2.45, 2.75) is 6.04 Å². The van der Waals surface area contributed by atoms with Crippen LogP contribution < -0.4 is 4.74 Å². The lowest BCUT2D eigenvalue weighted by Crippen LogP contribution is -2.17. The van der Waals surface area contributed by atoms with E-state index in [0.717, 1.165) is 21.0 Å². The normalized spacial score (nSPS) is 18.6. The van der Waals surface area contributed by atoms with Gasteiger partial charge in [0.15, 0.2) is 6.04 Å². The number of methoxy groups -OCH3 is 1. The van der Waals surface area contributed by atoms with Crippen molar-refractivity contribution in [2.75, 3.05) is 12.9 Å². The lowest BCUT2D eigenvalue weighted by molar-refractivity contribution is -0.137. The van der Waals surface area contributed by atoms with E-state index in [1.807, 2.05) is 18.2 Å². The van der Waals surface area contributed by atoms with Gasteiger partial charge in [0.05, 0.1) is 11.8 Å². The summed E-state index contributed by atoms with van der Waals surface area (Å²) in [6.07, 6.45) is 0. The van der Waals surface area contributed by atoms with Gasteiger partial charge in [-0.1, -0.05) is 6.07 Å². The van der Waals surface area contributed by atoms with Gasteiger partial charge in [-0.05, 0) is 12.1 Å². The summed E-state index contributed by atoms with van der Waals surface area (Å²) in [4.78, 5) is 19.6. The molecule has 2 heterocycles. The highest BCUT2D eigenvalue weighted by atomic mass is 32.2. The number of aliphatic imine (C=N–C) groups is 1. The van der Waals surface area contributed by atoms with E-state index in [0.29, 0.717) is 10.8 Å². The molecule has 19 heavy (non-hydrogen) atoms. The minimum Gasteiger partial charge on any atom is -0.494 e. The Kier molecular flexibility index (Phi) is 3.16. The van der Waals surface area contributed by atoms with Gasteiger partial charge in [-0.15, -0.1) is 23.1 Å². The molecule has 2 aromatic rings. The summed E-state index contributed by atoms with van der Waals surface area (Å²) >= 11 is 2.94. The van der Waals surface area contributed by atoms with E-state index >= 15 is 0 Å². The second-order valence-electron chi connectivity index (χ2n) is 3.93. The molecule has 1 aromatic carbocycles. The molecule has 5 nitrogen and oxygen atoms in total. The zero-order valence-corrected chi connectivity index (χ0v) is 11.6. The van der Waals surface area contributed by atoms with E-state index in [1.54, 1.807) is 7.11 Å². The summed E-state index contributed by atoms with van der Waals surface area (Å²) < 4.78 is 6.28. The average Bonchev–Trinajstić information content (AvgIpc) is 3.04. The minimum atomic E-state index is -0.888. The molecule has 1 unspecified atom stereocenters. The first-order valence-corrected chi connectivity index (χ1v) is 7.36. The number of thioether (sulfide) groups is 1. The van der Waals surface area contributed by atoms with Crippen molar-refractivity contribution in [3.8, 4) is 5.75 Å². The molecule has 1 aromatic heterocycles. The van der Waals surface area contributed by atoms with Crippen LogP contribution >= 0.6 is 23.1 Å². The van der Waals surface area contributed by atoms with Crippen molar-refractivity contribution in [1.82, 2.24) is 4.98 Å². The van der Waals surface area contributed by atoms with Gasteiger partial charge in [0.25, 0.3) is 0 Å². The van der Waals surface area contributed by atoms with E-state index in [2.05, 4.69) is 9.98 Å². The van der Waals surface area contributed by atoms with Gasteiger partial charge >= 0.3 is 5.97 Å². The number of fused-ring (bicyclic) bond motifs is 1. The quantitative estimate of drug-likeness (QED) is 0.940. The third-order valence-electron chi connectivity index (χ3n) is 2.72. The van der Waals surface area contributed by atoms with Crippen LogP contribution in [0, 0.1) is 0 Å². The van der Waals surface area contributed by atoms with Crippen molar-refractivity contribution in [2.24, 2.45) is 4.99 Å². The molecule has 0 saturated heterocycles. The third kappa shape index (κ3) is 2.19. The van der Waals surface area contributed by atoms with Crippen LogP contribution in [0.4, 0.5) is 0 Å². The number of aliphatic carboxylic acids is 1. The number of benzene rings is 1. The summed E-state index contributed by atoms with van der Waals surface area (Å²) in [6, 6.07) is 5.07. The molecule has 98 valence electrons. The molecular weight excluding hydrogens is 284 g/mol. The Morgan fingerprint density at radius 2 is 2.37 bits per heavy atom. The first-order valence-electron chi connectivity index (χ1n) is 5.56. The molecule has 0 aliphatic carbocycles. The number of carboxylic acid groups (broad SMARTS) is 1. The van der Waals surface area contributed by atoms with Crippen molar-refractivity contribution < 1.29 is 14.6 Å². The van der Waals surface area contributed by atoms with Gasteiger partial charge in [0.1, 0.15) is 21.3 Å². The second kappa shape index (κ2) is 4.82. The fourth-order valence-corrected chi connectivity index (χ4v) is 3.88. The molecule has 1 N–H and O–H groups in total. The number of hydrogen-bond donors (Lipinski definition) is 1. The summed E-state index contributed by atoms with van der Waals surface area (Å²) in [5.41, 5.74) is 0.798. The molecule has 0 radical (unpaired) electrons. The van der Waals surface area contributed by atoms with E-state index in [9.17, 15) is 4.79 Å². The van der Waals surface area contributed by atoms with Crippen LogP contribution in [-0.2, 0) is 4.79 Å². The SMILES string of the molecule is COc1cccc2sc(C3=NC(C(=O)O)CS3)nc12. The fraction of sp³-hybridized carbons (Fsp3) is 0.250. The number of rotatable bonds is 3. The summed E-state index contributed by atoms with van der Waals surface area (Å²) in [7, 11) is 1.61. The van der Waals surface area contributed by atoms with Crippen molar-refractivity contribution in [3.05, 3.63) is 23.2 Å². The number of para-hydroxylation sites is 1. The van der Waals surface area contributed by atoms with Crippen molar-refractivity contribution in [1.29, 1.82) is 0 Å². The fourth-order valence-electron chi connectivity index (χ4n) is 1.80. The van der Waals surface area contributed by atoms with Gasteiger partial charge in [-0.3, -0.25) is 4.99 Å². The van der Waals surface area contributed by atoms with Gasteiger partial charge in [-0.25, -0.2) is 9.78 Å². The molecule has 3 rings (SSSR count). The summed E-state index contributed by atoms with van der Waals surface area (Å²) in [6.45, 7) is 0. The number of ether oxygens (including phenoxy) is 1. The lowest BCUT2D eigenvalue weighted by atomic mass is 10.3. The van der Waals surface area contributed by atoms with Crippen molar-refractivity contribution >= 4 is 44.3 Å². The molecule has 1 aliphatic heterocycles. The predicted molar refractivity (Wildman–Crippen MR) is 76.6 cm³/mol. The van der Waals surface area contributed by atoms with Crippen LogP contribution in [0.15, 0.2) is 23.2 Å². The highest BCUT2D eigenvalue weighted by Gasteiger charge is 2.27. The van der Waals surface area contributed by atoms with Gasteiger partial charge < -0.3 is 9.84 Å². The monoisotopic (exact) mass is 294 g/mol. The van der Waals surface area contributed by atoms with E-state index in [-0.39, 0.29) is 0 Å². The second-order valence-corrected chi connectivity index (χ2v) is 5.96. The first kappa shape index (κ1) is 12.4. The maximum atomic E-state index is 10.9. The summed E-state index contributed by atoms with van der Waals surface area (Å²) in [5, 5.41) is 10.4. The largest absolute Gasteiger partial charge is 0.494 e. The number of nitrogens with zero attached hydrogens (tertiary/aromatic N) is 2. The highest BCUT2D eigenvalue weighted by Crippen LogP contribution is 2.33. The molecule has 0 spiro atoms. The van der Waals surface area contributed by atoms with Crippen molar-refractivity contribution in [3.63, 3.8) is 0 Å². The Morgan fingerprint density at radius 1 is 1.53 bits per heavy atom. The highest BCUT2D eigenvalue weighted by molar-refractivity contribution is 8.15. The van der Waals surface area contributed by atoms with Crippen LogP contribution in [0.3, 0.4) is 0 Å². The molecule has 0 saturated carbocycles. The van der Waals surface area contributed by atoms with E-state index < -0.39 is 12.0 Å². The predicted octanol–water partition coefficient (Wildman–Crippen LogP) is 2.25. The number of carboxylic acids is 1. The third-order valence-corrected chi connectivity index (χ3v) is 4.93. The van der Waals surface area contributed by atoms with Crippen LogP contribution in [0.5, 0.6) is 5.75 Å². The van der Waals surface area contributed by atoms with Crippen LogP contribution in [0.1, 0.15) is 5.01 Å². The Hall–Kier alpha value is -1.60. The van der Waals surface area contributed by atoms with Gasteiger partial charge in [-0.2, -0.15) is 0 Å². The van der Waals surface area contributed by atoms with Crippen LogP contribution in [-0.4, -0.2) is 40.0 Å². The molecule has 1 aliphatic rings. The Morgan fingerprint density at radius 3 is 3.05 bits per heavy atom. The topological polar surface area (TPSA) is 71.8 Å². The maximum absolute atomic E-state index is 10.9. The average molecular weight is 294 g/mol. The van der Waals surface area contributed by atoms with Crippen LogP contribution in [0.25, 0.3) is 10.2 Å². The van der Waals surface area contributed by atoms with E-state index in [1.165, 1.54) is 23.1 Å². The minimum absolute atomic E-state index is 0.470. The molecule has 1 atom stereocenters. The first-order chi connectivity index (χ1) is 9.19. The number of aromatic nitrogens is 1. The smallest absolute Gasteiger partial charge is 0.329 e. The number of carbonyl (C=O) groups is 1. The summed E-state index contributed by atoms with van der Waals surface area (Å²) in [5.74, 6) is 0.303.